The molecule has 1 unspecified atom stereocenters. The summed E-state index contributed by atoms with van der Waals surface area (Å²) in [6.07, 6.45) is 9.38. The predicted molar refractivity (Wildman–Crippen MR) is 156 cm³/mol. The van der Waals surface area contributed by atoms with Crippen LogP contribution in [0.5, 0.6) is 0 Å². The lowest BCUT2D eigenvalue weighted by molar-refractivity contribution is 0.588. The Balaban J connectivity index is 1.63. The maximum atomic E-state index is 12.1. The van der Waals surface area contributed by atoms with Crippen molar-refractivity contribution < 1.29 is 8.42 Å². The molecular weight excluding hydrogens is 496 g/mol. The van der Waals surface area contributed by atoms with E-state index in [1.54, 1.807) is 24.9 Å². The van der Waals surface area contributed by atoms with Gasteiger partial charge >= 0.3 is 0 Å². The standard InChI is InChI=1S/C31H28N2O2S2/c1-21(37(3,34)35)15-22-16-26-10-6-13-33-31(26)29(17-22)23-7-4-8-24(18-23)30-20-32-14-12-28(30)25-9-5-11-27(19-25)36-2/h4-14,16-21H,15H2,1-3H3. The molecule has 2 aromatic heterocycles. The molecular formula is C31H28N2O2S2. The number of rotatable bonds is 7. The number of hydrogen-bond acceptors (Lipinski definition) is 5. The molecule has 6 heteroatoms. The van der Waals surface area contributed by atoms with Gasteiger partial charge in [-0.05, 0) is 89.9 Å². The third-order valence-corrected chi connectivity index (χ3v) is 9.06. The first-order valence-corrected chi connectivity index (χ1v) is 15.3. The summed E-state index contributed by atoms with van der Waals surface area (Å²) in [5.74, 6) is 0. The lowest BCUT2D eigenvalue weighted by Crippen LogP contribution is -2.18. The van der Waals surface area contributed by atoms with Gasteiger partial charge in [0.05, 0.1) is 10.8 Å². The lowest BCUT2D eigenvalue weighted by Gasteiger charge is -2.15. The highest BCUT2D eigenvalue weighted by Crippen LogP contribution is 2.36. The Bertz CT molecular complexity index is 1700. The van der Waals surface area contributed by atoms with Gasteiger partial charge in [0.1, 0.15) is 9.84 Å². The normalized spacial score (nSPS) is 12.5. The third kappa shape index (κ3) is 5.45. The predicted octanol–water partition coefficient (Wildman–Crippen LogP) is 7.33. The van der Waals surface area contributed by atoms with Crippen molar-refractivity contribution in [1.82, 2.24) is 9.97 Å². The number of nitrogens with zero attached hydrogens (tertiary/aromatic N) is 2. The zero-order chi connectivity index (χ0) is 26.0. The molecule has 5 aromatic rings. The summed E-state index contributed by atoms with van der Waals surface area (Å²) in [5.41, 5.74) is 8.30. The third-order valence-electron chi connectivity index (χ3n) is 6.71. The van der Waals surface area contributed by atoms with Gasteiger partial charge in [-0.1, -0.05) is 36.4 Å². The van der Waals surface area contributed by atoms with Crippen LogP contribution in [0.2, 0.25) is 0 Å². The van der Waals surface area contributed by atoms with Crippen LogP contribution in [-0.2, 0) is 16.3 Å². The maximum absolute atomic E-state index is 12.1. The van der Waals surface area contributed by atoms with Crippen molar-refractivity contribution in [2.45, 2.75) is 23.5 Å². The molecule has 4 nitrogen and oxygen atoms in total. The van der Waals surface area contributed by atoms with Gasteiger partial charge in [-0.2, -0.15) is 0 Å². The lowest BCUT2D eigenvalue weighted by atomic mass is 9.92. The Labute approximate surface area is 222 Å². The van der Waals surface area contributed by atoms with E-state index in [4.69, 9.17) is 0 Å². The smallest absolute Gasteiger partial charge is 0.150 e. The SMILES string of the molecule is CSc1cccc(-c2ccncc2-c2cccc(-c3cc(CC(C)S(C)(=O)=O)cc4cccnc34)c2)c1. The monoisotopic (exact) mass is 524 g/mol. The van der Waals surface area contributed by atoms with Crippen LogP contribution in [0.15, 0.2) is 102 Å². The van der Waals surface area contributed by atoms with Crippen molar-refractivity contribution >= 4 is 32.5 Å². The number of hydrogen-bond donors (Lipinski definition) is 0. The molecule has 0 fully saturated rings. The zero-order valence-electron chi connectivity index (χ0n) is 21.0. The van der Waals surface area contributed by atoms with Crippen LogP contribution < -0.4 is 0 Å². The average molecular weight is 525 g/mol. The van der Waals surface area contributed by atoms with Gasteiger partial charge in [0.15, 0.2) is 0 Å². The minimum absolute atomic E-state index is 0.453. The Morgan fingerprint density at radius 1 is 0.811 bits per heavy atom. The van der Waals surface area contributed by atoms with Crippen molar-refractivity contribution in [1.29, 1.82) is 0 Å². The van der Waals surface area contributed by atoms with E-state index in [2.05, 4.69) is 83.0 Å². The van der Waals surface area contributed by atoms with E-state index in [0.717, 1.165) is 49.8 Å². The Hall–Kier alpha value is -3.48. The molecule has 0 spiro atoms. The fourth-order valence-corrected chi connectivity index (χ4v) is 5.55. The second-order valence-corrected chi connectivity index (χ2v) is 12.6. The highest BCUT2D eigenvalue weighted by Gasteiger charge is 2.17. The highest BCUT2D eigenvalue weighted by molar-refractivity contribution is 7.98. The van der Waals surface area contributed by atoms with Crippen molar-refractivity contribution in [3.8, 4) is 33.4 Å². The Morgan fingerprint density at radius 2 is 1.54 bits per heavy atom. The van der Waals surface area contributed by atoms with Crippen LogP contribution in [0.25, 0.3) is 44.3 Å². The van der Waals surface area contributed by atoms with Crippen LogP contribution in [0, 0.1) is 0 Å². The molecule has 0 aliphatic rings. The first-order chi connectivity index (χ1) is 17.8. The molecule has 37 heavy (non-hydrogen) atoms. The minimum Gasteiger partial charge on any atom is -0.264 e. The van der Waals surface area contributed by atoms with Gasteiger partial charge < -0.3 is 0 Å². The van der Waals surface area contributed by atoms with Gasteiger partial charge in [-0.3, -0.25) is 9.97 Å². The van der Waals surface area contributed by atoms with E-state index in [1.807, 2.05) is 24.5 Å². The average Bonchev–Trinajstić information content (AvgIpc) is 2.92. The molecule has 2 heterocycles. The van der Waals surface area contributed by atoms with Crippen molar-refractivity contribution in [3.63, 3.8) is 0 Å². The summed E-state index contributed by atoms with van der Waals surface area (Å²) >= 11 is 1.73. The summed E-state index contributed by atoms with van der Waals surface area (Å²) in [6.45, 7) is 1.76. The quantitative estimate of drug-likeness (QED) is 0.209. The highest BCUT2D eigenvalue weighted by atomic mass is 32.2. The number of pyridine rings is 2. The summed E-state index contributed by atoms with van der Waals surface area (Å²) in [7, 11) is -3.13. The van der Waals surface area contributed by atoms with Gasteiger partial charge in [0.2, 0.25) is 0 Å². The number of benzene rings is 3. The first kappa shape index (κ1) is 25.2. The Morgan fingerprint density at radius 3 is 2.30 bits per heavy atom. The molecule has 0 radical (unpaired) electrons. The van der Waals surface area contributed by atoms with Crippen molar-refractivity contribution in [3.05, 3.63) is 103 Å². The molecule has 0 saturated carbocycles. The second-order valence-electron chi connectivity index (χ2n) is 9.30. The second kappa shape index (κ2) is 10.5. The van der Waals surface area contributed by atoms with Crippen LogP contribution >= 0.6 is 11.8 Å². The molecule has 3 aromatic carbocycles. The van der Waals surface area contributed by atoms with E-state index in [-0.39, 0.29) is 0 Å². The fraction of sp³-hybridized carbons (Fsp3) is 0.161. The summed E-state index contributed by atoms with van der Waals surface area (Å²) in [4.78, 5) is 10.3. The summed E-state index contributed by atoms with van der Waals surface area (Å²) in [5, 5.41) is 0.535. The molecule has 0 saturated heterocycles. The van der Waals surface area contributed by atoms with Crippen LogP contribution in [0.4, 0.5) is 0 Å². The molecule has 0 N–H and O–H groups in total. The largest absolute Gasteiger partial charge is 0.264 e. The Kier molecular flexibility index (Phi) is 7.13. The molecule has 1 atom stereocenters. The fourth-order valence-electron chi connectivity index (χ4n) is 4.60. The van der Waals surface area contributed by atoms with E-state index in [1.165, 1.54) is 11.2 Å². The van der Waals surface area contributed by atoms with Gasteiger partial charge in [0, 0.05) is 46.3 Å². The minimum atomic E-state index is -3.13. The zero-order valence-corrected chi connectivity index (χ0v) is 22.7. The van der Waals surface area contributed by atoms with E-state index in [0.29, 0.717) is 6.42 Å². The molecule has 0 aliphatic heterocycles. The van der Waals surface area contributed by atoms with Crippen LogP contribution in [0.1, 0.15) is 12.5 Å². The van der Waals surface area contributed by atoms with E-state index >= 15 is 0 Å². The van der Waals surface area contributed by atoms with Crippen LogP contribution in [0.3, 0.4) is 0 Å². The summed E-state index contributed by atoms with van der Waals surface area (Å²) < 4.78 is 24.3. The van der Waals surface area contributed by atoms with Crippen molar-refractivity contribution in [2.24, 2.45) is 0 Å². The van der Waals surface area contributed by atoms with Gasteiger partial charge in [0.25, 0.3) is 0 Å². The molecule has 0 aliphatic carbocycles. The van der Waals surface area contributed by atoms with E-state index < -0.39 is 15.1 Å². The first-order valence-electron chi connectivity index (χ1n) is 12.1. The van der Waals surface area contributed by atoms with Gasteiger partial charge in [-0.15, -0.1) is 11.8 Å². The van der Waals surface area contributed by atoms with E-state index in [9.17, 15) is 8.42 Å². The topological polar surface area (TPSA) is 59.9 Å². The summed E-state index contributed by atoms with van der Waals surface area (Å²) in [6, 6.07) is 27.1. The van der Waals surface area contributed by atoms with Gasteiger partial charge in [-0.25, -0.2) is 8.42 Å². The van der Waals surface area contributed by atoms with Crippen LogP contribution in [-0.4, -0.2) is 36.1 Å². The maximum Gasteiger partial charge on any atom is 0.150 e. The number of sulfone groups is 1. The number of thioether (sulfide) groups is 1. The number of aromatic nitrogens is 2. The number of fused-ring (bicyclic) bond motifs is 1. The molecule has 0 amide bonds. The molecule has 0 bridgehead atoms. The molecule has 186 valence electrons. The molecule has 5 rings (SSSR count). The van der Waals surface area contributed by atoms with Crippen molar-refractivity contribution in [2.75, 3.05) is 12.5 Å².